The van der Waals surface area contributed by atoms with Gasteiger partial charge in [-0.25, -0.2) is 11.6 Å². The van der Waals surface area contributed by atoms with Crippen LogP contribution in [-0.2, 0) is 46.9 Å². The molecule has 52 heavy (non-hydrogen) atoms. The van der Waals surface area contributed by atoms with Gasteiger partial charge in [0.25, 0.3) is 0 Å². The third kappa shape index (κ3) is 8.39. The van der Waals surface area contributed by atoms with Gasteiger partial charge in [-0.1, -0.05) is 108 Å². The van der Waals surface area contributed by atoms with E-state index in [1.807, 2.05) is 0 Å². The Kier molecular flexibility index (Phi) is 12.7. The van der Waals surface area contributed by atoms with Crippen LogP contribution in [0.25, 0.3) is 33.4 Å². The molecule has 0 aromatic heterocycles. The Labute approximate surface area is 341 Å². The molecule has 0 saturated heterocycles. The quantitative estimate of drug-likeness (QED) is 0.169. The summed E-state index contributed by atoms with van der Waals surface area (Å²) >= 11 is 1.46. The molecule has 0 unspecified atom stereocenters. The van der Waals surface area contributed by atoms with Gasteiger partial charge < -0.3 is 24.8 Å². The van der Waals surface area contributed by atoms with Crippen LogP contribution >= 0.6 is 0 Å². The van der Waals surface area contributed by atoms with Crippen molar-refractivity contribution in [3.05, 3.63) is 159 Å². The number of allylic oxidation sites excluding steroid dienone is 4. The van der Waals surface area contributed by atoms with E-state index in [9.17, 15) is 0 Å². The molecule has 0 spiro atoms. The molecule has 3 aliphatic carbocycles. The van der Waals surface area contributed by atoms with Crippen molar-refractivity contribution in [1.82, 2.24) is 0 Å². The monoisotopic (exact) mass is 800 g/mol. The van der Waals surface area contributed by atoms with Gasteiger partial charge in [-0.05, 0) is 58.4 Å². The first kappa shape index (κ1) is 41.8. The number of benzene rings is 4. The largest absolute Gasteiger partial charge is 1.00 e. The molecule has 3 heteroatoms. The maximum atomic E-state index is 3.65. The summed E-state index contributed by atoms with van der Waals surface area (Å²) in [6, 6.07) is 33.6. The summed E-state index contributed by atoms with van der Waals surface area (Å²) in [4.78, 5) is 0. The van der Waals surface area contributed by atoms with Gasteiger partial charge in [0.15, 0.2) is 0 Å². The summed E-state index contributed by atoms with van der Waals surface area (Å²) in [6.45, 7) is 24.7. The van der Waals surface area contributed by atoms with Gasteiger partial charge >= 0.3 is 89.5 Å². The Morgan fingerprint density at radius 1 is 0.692 bits per heavy atom. The summed E-state index contributed by atoms with van der Waals surface area (Å²) in [5.74, 6) is 0. The van der Waals surface area contributed by atoms with Gasteiger partial charge in [-0.2, -0.15) is 28.3 Å². The van der Waals surface area contributed by atoms with Gasteiger partial charge in [0.05, 0.1) is 0 Å². The Balaban J connectivity index is 0.000000191. The van der Waals surface area contributed by atoms with Crippen molar-refractivity contribution in [2.24, 2.45) is 0 Å². The number of fused-ring (bicyclic) bond motifs is 5. The molecule has 0 atom stereocenters. The zero-order chi connectivity index (χ0) is 36.2. The van der Waals surface area contributed by atoms with Gasteiger partial charge in [0.1, 0.15) is 0 Å². The first-order chi connectivity index (χ1) is 23.5. The van der Waals surface area contributed by atoms with Crippen molar-refractivity contribution in [2.45, 2.75) is 98.8 Å². The van der Waals surface area contributed by atoms with Gasteiger partial charge in [-0.3, -0.25) is 6.08 Å². The molecule has 5 aromatic carbocycles. The summed E-state index contributed by atoms with van der Waals surface area (Å²) < 4.78 is 2.21. The average molecular weight is 803 g/mol. The topological polar surface area (TPSA) is 0 Å². The van der Waals surface area contributed by atoms with E-state index in [1.54, 1.807) is 0 Å². The van der Waals surface area contributed by atoms with E-state index in [2.05, 4.69) is 183 Å². The van der Waals surface area contributed by atoms with Crippen LogP contribution in [0.5, 0.6) is 0 Å². The second-order valence-corrected chi connectivity index (χ2v) is 17.4. The molecule has 0 aliphatic heterocycles. The smallest absolute Gasteiger partial charge is 0.00873 e. The van der Waals surface area contributed by atoms with Crippen molar-refractivity contribution in [1.29, 1.82) is 0 Å². The molecule has 5 aromatic rings. The first-order valence-corrected chi connectivity index (χ1v) is 19.5. The van der Waals surface area contributed by atoms with E-state index in [-0.39, 0.29) is 41.1 Å². The fourth-order valence-corrected chi connectivity index (χ4v) is 8.56. The summed E-state index contributed by atoms with van der Waals surface area (Å²) in [5.41, 5.74) is 22.9. The molecule has 0 nitrogen and oxygen atoms in total. The van der Waals surface area contributed by atoms with Crippen LogP contribution < -0.4 is 24.8 Å². The van der Waals surface area contributed by atoms with Crippen molar-refractivity contribution in [3.63, 3.8) is 0 Å². The third-order valence-electron chi connectivity index (χ3n) is 10.7. The number of hydrogen-bond acceptors (Lipinski definition) is 0. The minimum Gasteiger partial charge on any atom is -1.00 e. The van der Waals surface area contributed by atoms with E-state index < -0.39 is 0 Å². The van der Waals surface area contributed by atoms with Crippen LogP contribution in [-0.4, -0.2) is 3.71 Å². The van der Waals surface area contributed by atoms with Crippen LogP contribution in [0.4, 0.5) is 0 Å². The third-order valence-corrected chi connectivity index (χ3v) is 11.5. The molecule has 0 saturated carbocycles. The number of rotatable bonds is 2. The molecule has 0 fully saturated rings. The minimum atomic E-state index is 0. The molecular weight excluding hydrogens is 751 g/mol. The minimum absolute atomic E-state index is 0. The molecule has 0 N–H and O–H groups in total. The second kappa shape index (κ2) is 15.8. The fourth-order valence-electron chi connectivity index (χ4n) is 8.09. The molecule has 0 amide bonds. The predicted octanol–water partition coefficient (Wildman–Crippen LogP) is 6.83. The predicted molar refractivity (Wildman–Crippen MR) is 214 cm³/mol. The number of hydrogen-bond donors (Lipinski definition) is 0. The summed E-state index contributed by atoms with van der Waals surface area (Å²) in [6.07, 6.45) is 7.13. The molecular formula is C49H52Cl2Zr-2. The van der Waals surface area contributed by atoms with Crippen LogP contribution in [0.1, 0.15) is 118 Å². The first-order valence-electron chi connectivity index (χ1n) is 18.1. The molecule has 8 rings (SSSR count). The van der Waals surface area contributed by atoms with Gasteiger partial charge in [0, 0.05) is 5.41 Å². The van der Waals surface area contributed by atoms with E-state index in [0.717, 1.165) is 6.42 Å². The van der Waals surface area contributed by atoms with E-state index in [1.165, 1.54) is 113 Å². The van der Waals surface area contributed by atoms with Crippen molar-refractivity contribution >= 4 is 14.9 Å². The Hall–Kier alpha value is -2.96. The van der Waals surface area contributed by atoms with Gasteiger partial charge in [0.2, 0.25) is 0 Å². The molecule has 3 aliphatic rings. The van der Waals surface area contributed by atoms with E-state index >= 15 is 0 Å². The molecule has 0 heterocycles. The SMILES string of the molecule is CC(C)(C)c1ccc([CH]=[Zr+2])cc1.CC1=[C-]C(C)(C)c2cc3c(cc21)-c1cc2c(cc1C3)C(C)(C)C=C2C.Cc1cc(-c2ccccc2)c(C)[cH-]1.[Cl-].[Cl-]. The van der Waals surface area contributed by atoms with Crippen molar-refractivity contribution in [2.75, 3.05) is 0 Å². The standard InChI is InChI=1S/C25H25.C13H13.C11H14.2ClH.Zr/c1-14-12-24(3,4)22-8-16-7-17-9-23-19(15(2)13-25(23,5)6)11-21(17)20(16)10-18(14)22;1-10-8-11(2)13(9-10)12-6-4-3-5-7-12;1-9-5-7-10(8-6-9)11(2,3)4;;;/h8-12H,7H2,1-6H3;3-9H,1-2H3;1,5-8H,2-4H3;2*1H;/q2*-1;;;;+2/p-2. The van der Waals surface area contributed by atoms with E-state index in [4.69, 9.17) is 0 Å². The average Bonchev–Trinajstić information content (AvgIpc) is 3.73. The van der Waals surface area contributed by atoms with Crippen LogP contribution in [0.3, 0.4) is 0 Å². The Morgan fingerprint density at radius 3 is 1.81 bits per heavy atom. The zero-order valence-corrected chi connectivity index (χ0v) is 36.7. The number of halogens is 2. The molecule has 0 radical (unpaired) electrons. The normalized spacial score (nSPS) is 15.1. The van der Waals surface area contributed by atoms with Crippen LogP contribution in [0.2, 0.25) is 0 Å². The number of aryl methyl sites for hydroxylation is 2. The van der Waals surface area contributed by atoms with Crippen molar-refractivity contribution < 1.29 is 49.0 Å². The van der Waals surface area contributed by atoms with Gasteiger partial charge in [-0.15, -0.1) is 11.6 Å². The Bertz CT molecular complexity index is 2060. The molecule has 0 bridgehead atoms. The van der Waals surface area contributed by atoms with Crippen LogP contribution in [0.15, 0.2) is 97.1 Å². The summed E-state index contributed by atoms with van der Waals surface area (Å²) in [7, 11) is 0. The maximum Gasteiger partial charge on any atom is 0.00873 e. The van der Waals surface area contributed by atoms with Crippen LogP contribution in [0, 0.1) is 19.9 Å². The van der Waals surface area contributed by atoms with Crippen molar-refractivity contribution in [3.8, 4) is 22.3 Å². The Morgan fingerprint density at radius 2 is 1.27 bits per heavy atom. The fraction of sp³-hybridized carbons (Fsp3) is 0.306. The second-order valence-electron chi connectivity index (χ2n) is 16.7. The maximum absolute atomic E-state index is 3.65. The summed E-state index contributed by atoms with van der Waals surface area (Å²) in [5, 5.41) is 0. The zero-order valence-electron chi connectivity index (χ0n) is 32.8. The molecule has 268 valence electrons. The van der Waals surface area contributed by atoms with E-state index in [0.29, 0.717) is 0 Å².